The molecule has 0 N–H and O–H groups in total. The number of carbonyl (C=O) groups is 1. The summed E-state index contributed by atoms with van der Waals surface area (Å²) >= 11 is 0. The lowest BCUT2D eigenvalue weighted by Gasteiger charge is -2.29. The normalized spacial score (nSPS) is 13.9. The molecule has 1 unspecified atom stereocenters. The lowest BCUT2D eigenvalue weighted by atomic mass is 10.0. The lowest BCUT2D eigenvalue weighted by molar-refractivity contribution is 0.0221. The van der Waals surface area contributed by atoms with E-state index in [9.17, 15) is 4.79 Å². The molecule has 0 aromatic carbocycles. The Morgan fingerprint density at radius 3 is 2.07 bits per heavy atom. The van der Waals surface area contributed by atoms with Crippen LogP contribution in [0, 0.1) is 5.92 Å². The molecule has 0 fully saturated rings. The second kappa shape index (κ2) is 5.38. The van der Waals surface area contributed by atoms with Gasteiger partial charge in [-0.05, 0) is 40.0 Å². The van der Waals surface area contributed by atoms with Crippen molar-refractivity contribution in [2.24, 2.45) is 5.92 Å². The summed E-state index contributed by atoms with van der Waals surface area (Å²) in [5.41, 5.74) is -0.414. The van der Waals surface area contributed by atoms with Gasteiger partial charge in [-0.2, -0.15) is 0 Å². The van der Waals surface area contributed by atoms with E-state index in [0.29, 0.717) is 5.92 Å². The van der Waals surface area contributed by atoms with Gasteiger partial charge in [-0.15, -0.1) is 0 Å². The van der Waals surface area contributed by atoms with Crippen LogP contribution in [0.5, 0.6) is 0 Å². The molecular weight excluding hydrogens is 190 g/mol. The van der Waals surface area contributed by atoms with Crippen LogP contribution in [0.4, 0.5) is 4.79 Å². The molecule has 3 heteroatoms. The number of carbonyl (C=O) groups excluding carboxylic acids is 1. The van der Waals surface area contributed by atoms with E-state index in [1.165, 1.54) is 0 Å². The molecule has 0 saturated carbocycles. The van der Waals surface area contributed by atoms with E-state index in [0.717, 1.165) is 6.42 Å². The highest BCUT2D eigenvalue weighted by molar-refractivity contribution is 5.68. The summed E-state index contributed by atoms with van der Waals surface area (Å²) in [6.07, 6.45) is 0.756. The van der Waals surface area contributed by atoms with Crippen LogP contribution in [0.3, 0.4) is 0 Å². The van der Waals surface area contributed by atoms with Crippen molar-refractivity contribution in [1.82, 2.24) is 4.90 Å². The minimum atomic E-state index is -0.414. The van der Waals surface area contributed by atoms with Gasteiger partial charge in [0, 0.05) is 13.1 Å². The average molecular weight is 215 g/mol. The zero-order valence-corrected chi connectivity index (χ0v) is 11.1. The zero-order chi connectivity index (χ0) is 12.2. The van der Waals surface area contributed by atoms with Crippen LogP contribution in [0.1, 0.15) is 48.0 Å². The molecule has 0 bridgehead atoms. The lowest BCUT2D eigenvalue weighted by Crippen LogP contribution is -2.39. The minimum Gasteiger partial charge on any atom is -0.444 e. The van der Waals surface area contributed by atoms with Crippen molar-refractivity contribution in [2.45, 2.75) is 59.6 Å². The van der Waals surface area contributed by atoms with E-state index < -0.39 is 5.60 Å². The maximum atomic E-state index is 11.7. The average Bonchev–Trinajstić information content (AvgIpc) is 1.98. The molecule has 0 aliphatic rings. The summed E-state index contributed by atoms with van der Waals surface area (Å²) in [6.45, 7) is 12.0. The predicted molar refractivity (Wildman–Crippen MR) is 62.9 cm³/mol. The molecule has 1 atom stereocenters. The van der Waals surface area contributed by atoms with Crippen molar-refractivity contribution >= 4 is 6.09 Å². The molecule has 1 amide bonds. The summed E-state index contributed by atoms with van der Waals surface area (Å²) < 4.78 is 5.29. The Morgan fingerprint density at radius 2 is 1.73 bits per heavy atom. The van der Waals surface area contributed by atoms with Gasteiger partial charge in [0.25, 0.3) is 0 Å². The quantitative estimate of drug-likeness (QED) is 0.723. The second-order valence-electron chi connectivity index (χ2n) is 5.57. The molecule has 3 nitrogen and oxygen atoms in total. The number of rotatable bonds is 3. The van der Waals surface area contributed by atoms with Gasteiger partial charge in [0.1, 0.15) is 5.60 Å². The molecule has 0 aromatic heterocycles. The third-order valence-electron chi connectivity index (χ3n) is 2.16. The maximum absolute atomic E-state index is 11.7. The van der Waals surface area contributed by atoms with Crippen LogP contribution in [0.15, 0.2) is 0 Å². The van der Waals surface area contributed by atoms with Crippen molar-refractivity contribution < 1.29 is 9.53 Å². The zero-order valence-electron chi connectivity index (χ0n) is 11.1. The van der Waals surface area contributed by atoms with E-state index >= 15 is 0 Å². The first-order valence-electron chi connectivity index (χ1n) is 5.59. The van der Waals surface area contributed by atoms with Gasteiger partial charge in [0.2, 0.25) is 0 Å². The van der Waals surface area contributed by atoms with E-state index in [2.05, 4.69) is 13.8 Å². The van der Waals surface area contributed by atoms with Gasteiger partial charge in [-0.1, -0.05) is 13.8 Å². The van der Waals surface area contributed by atoms with Crippen LogP contribution in [0.25, 0.3) is 0 Å². The molecule has 0 rings (SSSR count). The highest BCUT2D eigenvalue weighted by Crippen LogP contribution is 2.14. The Kier molecular flexibility index (Phi) is 5.12. The fourth-order valence-corrected chi connectivity index (χ4v) is 1.35. The van der Waals surface area contributed by atoms with Crippen molar-refractivity contribution in [3.8, 4) is 0 Å². The molecule has 15 heavy (non-hydrogen) atoms. The fourth-order valence-electron chi connectivity index (χ4n) is 1.35. The van der Waals surface area contributed by atoms with Gasteiger partial charge < -0.3 is 9.64 Å². The summed E-state index contributed by atoms with van der Waals surface area (Å²) in [6, 6.07) is 0.222. The van der Waals surface area contributed by atoms with E-state index in [4.69, 9.17) is 4.74 Å². The van der Waals surface area contributed by atoms with Crippen LogP contribution in [-0.4, -0.2) is 29.7 Å². The molecule has 0 heterocycles. The van der Waals surface area contributed by atoms with Crippen molar-refractivity contribution in [3.05, 3.63) is 0 Å². The van der Waals surface area contributed by atoms with E-state index in [1.54, 1.807) is 11.9 Å². The Balaban J connectivity index is 4.20. The first kappa shape index (κ1) is 14.3. The maximum Gasteiger partial charge on any atom is 0.410 e. The Hall–Kier alpha value is -0.730. The van der Waals surface area contributed by atoms with Gasteiger partial charge in [0.05, 0.1) is 0 Å². The third-order valence-corrected chi connectivity index (χ3v) is 2.16. The summed E-state index contributed by atoms with van der Waals surface area (Å²) in [4.78, 5) is 13.4. The Labute approximate surface area is 93.8 Å². The molecule has 0 aliphatic carbocycles. The van der Waals surface area contributed by atoms with Gasteiger partial charge in [0.15, 0.2) is 0 Å². The summed E-state index contributed by atoms with van der Waals surface area (Å²) in [5.74, 6) is 0.588. The fraction of sp³-hybridized carbons (Fsp3) is 0.917. The van der Waals surface area contributed by atoms with Crippen LogP contribution < -0.4 is 0 Å². The molecule has 0 spiro atoms. The molecule has 0 aliphatic heterocycles. The highest BCUT2D eigenvalue weighted by atomic mass is 16.6. The number of nitrogens with zero attached hydrogens (tertiary/aromatic N) is 1. The second-order valence-corrected chi connectivity index (χ2v) is 5.57. The SMILES string of the molecule is CC(C)CC(C)N(C)C(=O)OC(C)(C)C. The first-order chi connectivity index (χ1) is 6.63. The van der Waals surface area contributed by atoms with Crippen molar-refractivity contribution in [1.29, 1.82) is 0 Å². The van der Waals surface area contributed by atoms with Gasteiger partial charge in [-0.25, -0.2) is 4.79 Å². The smallest absolute Gasteiger partial charge is 0.410 e. The number of hydrogen-bond acceptors (Lipinski definition) is 2. The number of amides is 1. The predicted octanol–water partition coefficient (Wildman–Crippen LogP) is 3.29. The monoisotopic (exact) mass is 215 g/mol. The number of ether oxygens (including phenoxy) is 1. The van der Waals surface area contributed by atoms with E-state index in [1.807, 2.05) is 27.7 Å². The minimum absolute atomic E-state index is 0.222. The molecule has 0 aromatic rings. The molecule has 0 radical (unpaired) electrons. The van der Waals surface area contributed by atoms with Crippen LogP contribution in [0.2, 0.25) is 0 Å². The summed E-state index contributed by atoms with van der Waals surface area (Å²) in [7, 11) is 1.79. The standard InChI is InChI=1S/C12H25NO2/c1-9(2)8-10(3)13(7)11(14)15-12(4,5)6/h9-10H,8H2,1-7H3. The van der Waals surface area contributed by atoms with Gasteiger partial charge in [-0.3, -0.25) is 0 Å². The third kappa shape index (κ3) is 6.37. The summed E-state index contributed by atoms with van der Waals surface area (Å²) in [5, 5.41) is 0. The Bertz CT molecular complexity index is 206. The molecule has 90 valence electrons. The largest absolute Gasteiger partial charge is 0.444 e. The van der Waals surface area contributed by atoms with E-state index in [-0.39, 0.29) is 12.1 Å². The highest BCUT2D eigenvalue weighted by Gasteiger charge is 2.23. The molecular formula is C12H25NO2. The Morgan fingerprint density at radius 1 is 1.27 bits per heavy atom. The van der Waals surface area contributed by atoms with Crippen LogP contribution >= 0.6 is 0 Å². The number of hydrogen-bond donors (Lipinski definition) is 0. The van der Waals surface area contributed by atoms with Gasteiger partial charge >= 0.3 is 6.09 Å². The van der Waals surface area contributed by atoms with Crippen LogP contribution in [-0.2, 0) is 4.74 Å². The van der Waals surface area contributed by atoms with Crippen molar-refractivity contribution in [3.63, 3.8) is 0 Å². The van der Waals surface area contributed by atoms with Crippen molar-refractivity contribution in [2.75, 3.05) is 7.05 Å². The topological polar surface area (TPSA) is 29.5 Å². The first-order valence-corrected chi connectivity index (χ1v) is 5.59. The molecule has 0 saturated heterocycles.